The van der Waals surface area contributed by atoms with Crippen molar-refractivity contribution in [3.8, 4) is 5.88 Å². The van der Waals surface area contributed by atoms with Crippen LogP contribution >= 0.6 is 0 Å². The number of fused-ring (bicyclic) bond motifs is 1. The van der Waals surface area contributed by atoms with Crippen molar-refractivity contribution in [2.24, 2.45) is 5.41 Å². The molecule has 1 atom stereocenters. The van der Waals surface area contributed by atoms with Crippen molar-refractivity contribution in [2.75, 3.05) is 13.7 Å². The molecule has 1 aliphatic heterocycles. The van der Waals surface area contributed by atoms with Crippen LogP contribution in [0.25, 0.3) is 10.9 Å². The van der Waals surface area contributed by atoms with Crippen molar-refractivity contribution in [3.05, 3.63) is 30.3 Å². The summed E-state index contributed by atoms with van der Waals surface area (Å²) >= 11 is 0. The summed E-state index contributed by atoms with van der Waals surface area (Å²) < 4.78 is 17.2. The molecule has 1 aromatic heterocycles. The summed E-state index contributed by atoms with van der Waals surface area (Å²) in [5.41, 5.74) is 2.06. The third-order valence-electron chi connectivity index (χ3n) is 4.61. The molecule has 1 fully saturated rings. The van der Waals surface area contributed by atoms with Crippen LogP contribution in [-0.4, -0.2) is 31.9 Å². The van der Waals surface area contributed by atoms with Crippen molar-refractivity contribution in [1.82, 2.24) is 4.98 Å². The van der Waals surface area contributed by atoms with Gasteiger partial charge in [-0.25, -0.2) is 4.98 Å². The lowest BCUT2D eigenvalue weighted by Crippen LogP contribution is -2.40. The molecule has 2 heterocycles. The molecule has 0 saturated carbocycles. The monoisotopic (exact) mass is 329 g/mol. The highest BCUT2D eigenvalue weighted by molar-refractivity contribution is 6.61. The number of aromatic nitrogens is 1. The van der Waals surface area contributed by atoms with Crippen molar-refractivity contribution < 1.29 is 14.0 Å². The Morgan fingerprint density at radius 3 is 2.67 bits per heavy atom. The van der Waals surface area contributed by atoms with E-state index in [0.29, 0.717) is 12.5 Å². The summed E-state index contributed by atoms with van der Waals surface area (Å²) in [5.74, 6) is 0.623. The van der Waals surface area contributed by atoms with E-state index in [2.05, 4.69) is 31.8 Å². The van der Waals surface area contributed by atoms with Crippen LogP contribution in [0.1, 0.15) is 41.0 Å². The number of hydrogen-bond acceptors (Lipinski definition) is 4. The molecular formula is C19H28BNO3. The predicted molar refractivity (Wildman–Crippen MR) is 99.9 cm³/mol. The highest BCUT2D eigenvalue weighted by Crippen LogP contribution is 2.30. The lowest BCUT2D eigenvalue weighted by Gasteiger charge is -2.29. The molecule has 1 saturated heterocycles. The van der Waals surface area contributed by atoms with Gasteiger partial charge in [-0.15, -0.1) is 0 Å². The fraction of sp³-hybridized carbons (Fsp3) is 0.526. The maximum Gasteiger partial charge on any atom is 0.494 e. The SMILES string of the molecule is CC.COc1ccc2cc(B3OCCC(C)(C)C(C)O3)ccc2n1. The molecule has 0 spiro atoms. The Morgan fingerprint density at radius 2 is 1.96 bits per heavy atom. The van der Waals surface area contributed by atoms with Gasteiger partial charge in [-0.3, -0.25) is 0 Å². The summed E-state index contributed by atoms with van der Waals surface area (Å²) in [6.07, 6.45) is 1.14. The number of hydrogen-bond donors (Lipinski definition) is 0. The van der Waals surface area contributed by atoms with Gasteiger partial charge >= 0.3 is 7.12 Å². The molecular weight excluding hydrogens is 301 g/mol. The van der Waals surface area contributed by atoms with Gasteiger partial charge in [0.25, 0.3) is 0 Å². The first-order valence-corrected chi connectivity index (χ1v) is 8.71. The van der Waals surface area contributed by atoms with Crippen molar-refractivity contribution in [3.63, 3.8) is 0 Å². The summed E-state index contributed by atoms with van der Waals surface area (Å²) in [6.45, 7) is 11.3. The van der Waals surface area contributed by atoms with Crippen LogP contribution in [0.2, 0.25) is 0 Å². The van der Waals surface area contributed by atoms with Gasteiger partial charge in [0, 0.05) is 24.2 Å². The van der Waals surface area contributed by atoms with Crippen LogP contribution in [0.3, 0.4) is 0 Å². The molecule has 0 N–H and O–H groups in total. The molecule has 1 aromatic carbocycles. The molecule has 1 aliphatic rings. The van der Waals surface area contributed by atoms with Gasteiger partial charge in [-0.2, -0.15) is 0 Å². The standard InChI is InChI=1S/C17H22BNO3.C2H6/c1-12-17(2,3)9-10-21-18(22-12)14-6-7-15-13(11-14)5-8-16(19-15)20-4;1-2/h5-8,11-12H,9-10H2,1-4H3;1-2H3. The highest BCUT2D eigenvalue weighted by Gasteiger charge is 2.36. The van der Waals surface area contributed by atoms with Crippen LogP contribution in [0.15, 0.2) is 30.3 Å². The largest absolute Gasteiger partial charge is 0.494 e. The van der Waals surface area contributed by atoms with E-state index in [-0.39, 0.29) is 18.6 Å². The maximum absolute atomic E-state index is 6.14. The van der Waals surface area contributed by atoms with Gasteiger partial charge in [0.1, 0.15) is 0 Å². The normalized spacial score (nSPS) is 20.1. The second kappa shape index (κ2) is 7.99. The first kappa shape index (κ1) is 18.7. The topological polar surface area (TPSA) is 40.6 Å². The summed E-state index contributed by atoms with van der Waals surface area (Å²) in [6, 6.07) is 9.96. The quantitative estimate of drug-likeness (QED) is 0.786. The van der Waals surface area contributed by atoms with E-state index in [0.717, 1.165) is 22.8 Å². The number of pyridine rings is 1. The van der Waals surface area contributed by atoms with E-state index in [1.807, 2.05) is 38.1 Å². The Morgan fingerprint density at radius 1 is 1.21 bits per heavy atom. The number of benzene rings is 1. The summed E-state index contributed by atoms with van der Waals surface area (Å²) in [4.78, 5) is 4.43. The van der Waals surface area contributed by atoms with Crippen LogP contribution < -0.4 is 10.2 Å². The number of rotatable bonds is 2. The average molecular weight is 329 g/mol. The molecule has 1 unspecified atom stereocenters. The zero-order valence-corrected chi connectivity index (χ0v) is 15.6. The van der Waals surface area contributed by atoms with E-state index in [1.54, 1.807) is 7.11 Å². The van der Waals surface area contributed by atoms with E-state index in [1.165, 1.54) is 0 Å². The molecule has 0 radical (unpaired) electrons. The Hall–Kier alpha value is -1.59. The zero-order valence-electron chi connectivity index (χ0n) is 15.6. The van der Waals surface area contributed by atoms with Gasteiger partial charge < -0.3 is 14.0 Å². The molecule has 5 heteroatoms. The Bertz CT molecular complexity index is 675. The highest BCUT2D eigenvalue weighted by atomic mass is 16.6. The van der Waals surface area contributed by atoms with Crippen LogP contribution in [0, 0.1) is 5.41 Å². The van der Waals surface area contributed by atoms with Crippen molar-refractivity contribution >= 4 is 23.5 Å². The van der Waals surface area contributed by atoms with Crippen molar-refractivity contribution in [1.29, 1.82) is 0 Å². The first-order chi connectivity index (χ1) is 11.5. The number of ether oxygens (including phenoxy) is 1. The smallest absolute Gasteiger partial charge is 0.481 e. The Balaban J connectivity index is 0.00000100. The molecule has 2 aromatic rings. The van der Waals surface area contributed by atoms with Gasteiger partial charge in [0.2, 0.25) is 5.88 Å². The molecule has 4 nitrogen and oxygen atoms in total. The van der Waals surface area contributed by atoms with E-state index >= 15 is 0 Å². The Kier molecular flexibility index (Phi) is 6.24. The van der Waals surface area contributed by atoms with E-state index in [4.69, 9.17) is 14.0 Å². The van der Waals surface area contributed by atoms with Gasteiger partial charge in [0.15, 0.2) is 0 Å². The van der Waals surface area contributed by atoms with Crippen molar-refractivity contribution in [2.45, 2.75) is 47.1 Å². The zero-order chi connectivity index (χ0) is 17.7. The minimum absolute atomic E-state index is 0.126. The molecule has 0 amide bonds. The summed E-state index contributed by atoms with van der Waals surface area (Å²) in [7, 11) is 1.31. The number of nitrogens with zero attached hydrogens (tertiary/aromatic N) is 1. The van der Waals surface area contributed by atoms with Gasteiger partial charge in [-0.05, 0) is 36.4 Å². The van der Waals surface area contributed by atoms with Crippen LogP contribution in [-0.2, 0) is 9.31 Å². The first-order valence-electron chi connectivity index (χ1n) is 8.71. The lowest BCUT2D eigenvalue weighted by molar-refractivity contribution is 0.0922. The van der Waals surface area contributed by atoms with E-state index in [9.17, 15) is 0 Å². The van der Waals surface area contributed by atoms with E-state index < -0.39 is 0 Å². The van der Waals surface area contributed by atoms with Crippen LogP contribution in [0.5, 0.6) is 5.88 Å². The minimum atomic E-state index is -0.316. The predicted octanol–water partition coefficient (Wildman–Crippen LogP) is 3.82. The molecule has 0 aliphatic carbocycles. The van der Waals surface area contributed by atoms with Gasteiger partial charge in [0.05, 0.1) is 12.6 Å². The minimum Gasteiger partial charge on any atom is -0.481 e. The molecule has 3 rings (SSSR count). The maximum atomic E-state index is 6.14. The average Bonchev–Trinajstić information content (AvgIpc) is 2.74. The lowest BCUT2D eigenvalue weighted by atomic mass is 9.77. The summed E-state index contributed by atoms with van der Waals surface area (Å²) in [5, 5.41) is 1.06. The fourth-order valence-corrected chi connectivity index (χ4v) is 2.60. The second-order valence-electron chi connectivity index (χ2n) is 6.53. The third-order valence-corrected chi connectivity index (χ3v) is 4.61. The second-order valence-corrected chi connectivity index (χ2v) is 6.53. The number of methoxy groups -OCH3 is 1. The van der Waals surface area contributed by atoms with Crippen LogP contribution in [0.4, 0.5) is 0 Å². The molecule has 130 valence electrons. The fourth-order valence-electron chi connectivity index (χ4n) is 2.60. The van der Waals surface area contributed by atoms with Gasteiger partial charge in [-0.1, -0.05) is 39.8 Å². The third kappa shape index (κ3) is 4.08. The molecule has 0 bridgehead atoms. The Labute approximate surface area is 145 Å². The molecule has 24 heavy (non-hydrogen) atoms.